The predicted molar refractivity (Wildman–Crippen MR) is 78.1 cm³/mol. The van der Waals surface area contributed by atoms with Crippen LogP contribution in [0.4, 0.5) is 5.82 Å². The Hall–Kier alpha value is -1.03. The second kappa shape index (κ2) is 6.78. The van der Waals surface area contributed by atoms with Gasteiger partial charge in [-0.15, -0.1) is 0 Å². The summed E-state index contributed by atoms with van der Waals surface area (Å²) in [7, 11) is 4.22. The van der Waals surface area contributed by atoms with E-state index in [2.05, 4.69) is 50.1 Å². The summed E-state index contributed by atoms with van der Waals surface area (Å²) in [6.45, 7) is 10.6. The van der Waals surface area contributed by atoms with Crippen LogP contribution in [0, 0.1) is 6.92 Å². The summed E-state index contributed by atoms with van der Waals surface area (Å²) in [4.78, 5) is 2.38. The number of anilines is 1. The Morgan fingerprint density at radius 2 is 1.89 bits per heavy atom. The maximum absolute atomic E-state index is 4.57. The predicted octanol–water partition coefficient (Wildman–Crippen LogP) is 2.46. The largest absolute Gasteiger partial charge is 0.357 e. The summed E-state index contributed by atoms with van der Waals surface area (Å²) in [5.74, 6) is 1.25. The van der Waals surface area contributed by atoms with Gasteiger partial charge in [0.05, 0.1) is 5.69 Å². The van der Waals surface area contributed by atoms with Crippen molar-refractivity contribution in [2.75, 3.05) is 18.5 Å². The van der Waals surface area contributed by atoms with E-state index in [0.717, 1.165) is 31.6 Å². The van der Waals surface area contributed by atoms with Crippen LogP contribution in [0.15, 0.2) is 0 Å². The summed E-state index contributed by atoms with van der Waals surface area (Å²) in [6.07, 6.45) is 2.33. The highest BCUT2D eigenvalue weighted by Crippen LogP contribution is 2.25. The number of nitrogens with one attached hydrogen (secondary N) is 1. The lowest BCUT2D eigenvalue weighted by Crippen LogP contribution is -2.33. The van der Waals surface area contributed by atoms with E-state index < -0.39 is 0 Å². The number of hydrogen-bond donors (Lipinski definition) is 1. The Balaban J connectivity index is 3.05. The second-order valence-electron chi connectivity index (χ2n) is 4.87. The fraction of sp³-hybridized carbons (Fsp3) is 0.786. The average Bonchev–Trinajstić information content (AvgIpc) is 2.62. The number of aryl methyl sites for hydroxylation is 2. The van der Waals surface area contributed by atoms with E-state index in [1.807, 2.05) is 11.7 Å². The van der Waals surface area contributed by atoms with E-state index in [-0.39, 0.29) is 0 Å². The lowest BCUT2D eigenvalue weighted by atomic mass is 10.1. The van der Waals surface area contributed by atoms with Crippen LogP contribution >= 0.6 is 0 Å². The minimum Gasteiger partial charge on any atom is -0.357 e. The van der Waals surface area contributed by atoms with Gasteiger partial charge in [0.2, 0.25) is 0 Å². The highest BCUT2D eigenvalue weighted by molar-refractivity contribution is 5.50. The summed E-state index contributed by atoms with van der Waals surface area (Å²) in [6, 6.07) is 0.583. The molecule has 1 heterocycles. The summed E-state index contributed by atoms with van der Waals surface area (Å²) >= 11 is 0. The zero-order valence-electron chi connectivity index (χ0n) is 12.7. The third-order valence-electron chi connectivity index (χ3n) is 3.69. The molecule has 18 heavy (non-hydrogen) atoms. The first kappa shape index (κ1) is 15.0. The number of nitrogens with zero attached hydrogens (tertiary/aromatic N) is 3. The van der Waals surface area contributed by atoms with Crippen LogP contribution < -0.4 is 10.2 Å². The molecular weight excluding hydrogens is 224 g/mol. The Labute approximate surface area is 111 Å². The van der Waals surface area contributed by atoms with Crippen LogP contribution in [0.3, 0.4) is 0 Å². The van der Waals surface area contributed by atoms with E-state index in [4.69, 9.17) is 0 Å². The van der Waals surface area contributed by atoms with Crippen LogP contribution in [-0.2, 0) is 13.6 Å². The van der Waals surface area contributed by atoms with Crippen molar-refractivity contribution in [2.24, 2.45) is 7.05 Å². The third-order valence-corrected chi connectivity index (χ3v) is 3.69. The van der Waals surface area contributed by atoms with Gasteiger partial charge in [-0.05, 0) is 26.3 Å². The topological polar surface area (TPSA) is 33.1 Å². The van der Waals surface area contributed by atoms with Crippen LogP contribution in [0.1, 0.15) is 44.9 Å². The molecule has 0 amide bonds. The molecule has 1 N–H and O–H groups in total. The Kier molecular flexibility index (Phi) is 5.66. The van der Waals surface area contributed by atoms with E-state index in [9.17, 15) is 0 Å². The van der Waals surface area contributed by atoms with Gasteiger partial charge in [0, 0.05) is 32.2 Å². The van der Waals surface area contributed by atoms with Crippen molar-refractivity contribution in [1.82, 2.24) is 15.1 Å². The minimum absolute atomic E-state index is 0.583. The molecule has 4 heteroatoms. The lowest BCUT2D eigenvalue weighted by molar-refractivity contribution is 0.569. The first-order valence-corrected chi connectivity index (χ1v) is 7.02. The van der Waals surface area contributed by atoms with Crippen molar-refractivity contribution < 1.29 is 0 Å². The average molecular weight is 252 g/mol. The van der Waals surface area contributed by atoms with Crippen molar-refractivity contribution in [3.05, 3.63) is 11.3 Å². The number of hydrogen-bond acceptors (Lipinski definition) is 3. The molecule has 4 nitrogen and oxygen atoms in total. The van der Waals surface area contributed by atoms with Gasteiger partial charge in [-0.25, -0.2) is 0 Å². The zero-order valence-corrected chi connectivity index (χ0v) is 12.7. The van der Waals surface area contributed by atoms with Crippen LogP contribution in [0.5, 0.6) is 0 Å². The maximum atomic E-state index is 4.57. The molecule has 0 aromatic carbocycles. The minimum atomic E-state index is 0.583. The highest BCUT2D eigenvalue weighted by Gasteiger charge is 2.20. The van der Waals surface area contributed by atoms with Gasteiger partial charge in [0.25, 0.3) is 0 Å². The summed E-state index contributed by atoms with van der Waals surface area (Å²) < 4.78 is 2.01. The summed E-state index contributed by atoms with van der Waals surface area (Å²) in [5, 5.41) is 7.98. The van der Waals surface area contributed by atoms with E-state index in [0.29, 0.717) is 6.04 Å². The molecule has 0 aliphatic carbocycles. The molecule has 1 aromatic heterocycles. The SMILES string of the molecule is CCNCc1c(C)nn(C)c1N(C)C(CC)CC. The van der Waals surface area contributed by atoms with Crippen molar-refractivity contribution in [2.45, 2.75) is 53.1 Å². The van der Waals surface area contributed by atoms with Crippen LogP contribution in [0.25, 0.3) is 0 Å². The quantitative estimate of drug-likeness (QED) is 0.809. The smallest absolute Gasteiger partial charge is 0.131 e. The fourth-order valence-electron chi connectivity index (χ4n) is 2.60. The molecule has 1 rings (SSSR count). The number of rotatable bonds is 7. The molecule has 0 spiro atoms. The maximum Gasteiger partial charge on any atom is 0.131 e. The second-order valence-corrected chi connectivity index (χ2v) is 4.87. The van der Waals surface area contributed by atoms with E-state index >= 15 is 0 Å². The summed E-state index contributed by atoms with van der Waals surface area (Å²) in [5.41, 5.74) is 2.46. The van der Waals surface area contributed by atoms with Gasteiger partial charge in [-0.3, -0.25) is 4.68 Å². The van der Waals surface area contributed by atoms with Gasteiger partial charge in [-0.1, -0.05) is 20.8 Å². The van der Waals surface area contributed by atoms with Crippen molar-refractivity contribution >= 4 is 5.82 Å². The normalized spacial score (nSPS) is 11.3. The molecule has 0 fully saturated rings. The van der Waals surface area contributed by atoms with Gasteiger partial charge < -0.3 is 10.2 Å². The first-order chi connectivity index (χ1) is 8.56. The molecule has 0 aliphatic rings. The number of aromatic nitrogens is 2. The van der Waals surface area contributed by atoms with Crippen molar-refractivity contribution in [3.63, 3.8) is 0 Å². The van der Waals surface area contributed by atoms with Crippen molar-refractivity contribution in [1.29, 1.82) is 0 Å². The fourth-order valence-corrected chi connectivity index (χ4v) is 2.60. The Morgan fingerprint density at radius 3 is 2.39 bits per heavy atom. The molecule has 0 unspecified atom stereocenters. The molecule has 0 radical (unpaired) electrons. The molecule has 0 aliphatic heterocycles. The molecule has 0 bridgehead atoms. The first-order valence-electron chi connectivity index (χ1n) is 7.02. The third kappa shape index (κ3) is 3.05. The standard InChI is InChI=1S/C14H28N4/c1-7-12(8-2)17(5)14-13(10-15-9-3)11(4)16-18(14)6/h12,15H,7-10H2,1-6H3. The molecular formula is C14H28N4. The Bertz CT molecular complexity index is 366. The van der Waals surface area contributed by atoms with Gasteiger partial charge in [-0.2, -0.15) is 5.10 Å². The lowest BCUT2D eigenvalue weighted by Gasteiger charge is -2.29. The zero-order chi connectivity index (χ0) is 13.7. The highest BCUT2D eigenvalue weighted by atomic mass is 15.4. The van der Waals surface area contributed by atoms with E-state index in [1.54, 1.807) is 0 Å². The van der Waals surface area contributed by atoms with Gasteiger partial charge >= 0.3 is 0 Å². The molecule has 1 aromatic rings. The van der Waals surface area contributed by atoms with E-state index in [1.165, 1.54) is 11.4 Å². The monoisotopic (exact) mass is 252 g/mol. The van der Waals surface area contributed by atoms with Crippen LogP contribution in [-0.4, -0.2) is 29.4 Å². The van der Waals surface area contributed by atoms with Gasteiger partial charge in [0.1, 0.15) is 5.82 Å². The Morgan fingerprint density at radius 1 is 1.28 bits per heavy atom. The molecule has 0 saturated carbocycles. The molecule has 0 saturated heterocycles. The molecule has 0 atom stereocenters. The van der Waals surface area contributed by atoms with Crippen molar-refractivity contribution in [3.8, 4) is 0 Å². The molecule has 104 valence electrons. The van der Waals surface area contributed by atoms with Gasteiger partial charge in [0.15, 0.2) is 0 Å². The van der Waals surface area contributed by atoms with Crippen LogP contribution in [0.2, 0.25) is 0 Å².